The Labute approximate surface area is 101 Å². The zero-order chi connectivity index (χ0) is 12.5. The molecule has 94 valence electrons. The highest BCUT2D eigenvalue weighted by molar-refractivity contribution is 5.75. The Morgan fingerprint density at radius 2 is 1.88 bits per heavy atom. The third kappa shape index (κ3) is 5.21. The second-order valence-electron chi connectivity index (χ2n) is 3.55. The van der Waals surface area contributed by atoms with Gasteiger partial charge < -0.3 is 9.47 Å². The fourth-order valence-electron chi connectivity index (χ4n) is 1.32. The maximum atomic E-state index is 10.8. The summed E-state index contributed by atoms with van der Waals surface area (Å²) in [6, 6.07) is 7.39. The van der Waals surface area contributed by atoms with Crippen LogP contribution in [0.5, 0.6) is 11.5 Å². The zero-order valence-corrected chi connectivity index (χ0v) is 9.94. The number of nitrogens with two attached hydrogens (primary N) is 1. The summed E-state index contributed by atoms with van der Waals surface area (Å²) in [5.41, 5.74) is 2.09. The summed E-state index contributed by atoms with van der Waals surface area (Å²) in [6.07, 6.45) is 2.01. The van der Waals surface area contributed by atoms with Crippen LogP contribution in [-0.2, 0) is 4.79 Å². The standard InChI is InChI=1S/C12H18N2O3/c1-16-10-5-7-11(8-6-10)17-9-3-2-4-12(15)14-13/h5-8H,2-4,9,13H2,1H3,(H,14,15). The van der Waals surface area contributed by atoms with Gasteiger partial charge in [0, 0.05) is 6.42 Å². The molecular formula is C12H18N2O3. The van der Waals surface area contributed by atoms with Crippen LogP contribution in [0.3, 0.4) is 0 Å². The third-order valence-corrected chi connectivity index (χ3v) is 2.29. The number of hydrogen-bond acceptors (Lipinski definition) is 4. The van der Waals surface area contributed by atoms with Crippen LogP contribution >= 0.6 is 0 Å². The second-order valence-corrected chi connectivity index (χ2v) is 3.55. The van der Waals surface area contributed by atoms with Crippen molar-refractivity contribution in [2.45, 2.75) is 19.3 Å². The Hall–Kier alpha value is -1.75. The molecule has 1 rings (SSSR count). The molecule has 0 heterocycles. The second kappa shape index (κ2) is 7.51. The number of benzene rings is 1. The smallest absolute Gasteiger partial charge is 0.233 e. The van der Waals surface area contributed by atoms with Crippen molar-refractivity contribution in [1.82, 2.24) is 5.43 Å². The summed E-state index contributed by atoms with van der Waals surface area (Å²) in [5, 5.41) is 0. The molecule has 1 amide bonds. The molecule has 3 N–H and O–H groups in total. The van der Waals surface area contributed by atoms with Crippen molar-refractivity contribution in [1.29, 1.82) is 0 Å². The largest absolute Gasteiger partial charge is 0.497 e. The molecule has 0 unspecified atom stereocenters. The van der Waals surface area contributed by atoms with Crippen LogP contribution in [0.1, 0.15) is 19.3 Å². The first-order chi connectivity index (χ1) is 8.26. The van der Waals surface area contributed by atoms with Gasteiger partial charge in [0.15, 0.2) is 0 Å². The SMILES string of the molecule is COc1ccc(OCCCCC(=O)NN)cc1. The molecule has 0 radical (unpaired) electrons. The lowest BCUT2D eigenvalue weighted by Crippen LogP contribution is -2.29. The van der Waals surface area contributed by atoms with E-state index in [1.54, 1.807) is 7.11 Å². The van der Waals surface area contributed by atoms with Gasteiger partial charge in [-0.3, -0.25) is 10.2 Å². The molecule has 5 heteroatoms. The Balaban J connectivity index is 2.15. The number of carbonyl (C=O) groups is 1. The summed E-state index contributed by atoms with van der Waals surface area (Å²) < 4.78 is 10.5. The van der Waals surface area contributed by atoms with E-state index in [1.165, 1.54) is 0 Å². The molecule has 5 nitrogen and oxygen atoms in total. The van der Waals surface area contributed by atoms with Crippen LogP contribution in [-0.4, -0.2) is 19.6 Å². The monoisotopic (exact) mass is 238 g/mol. The molecular weight excluding hydrogens is 220 g/mol. The number of hydrogen-bond donors (Lipinski definition) is 2. The maximum Gasteiger partial charge on any atom is 0.233 e. The van der Waals surface area contributed by atoms with Crippen molar-refractivity contribution in [2.24, 2.45) is 5.84 Å². The van der Waals surface area contributed by atoms with Crippen LogP contribution in [0.4, 0.5) is 0 Å². The van der Waals surface area contributed by atoms with Crippen LogP contribution in [0.2, 0.25) is 0 Å². The van der Waals surface area contributed by atoms with Gasteiger partial charge in [0.2, 0.25) is 5.91 Å². The van der Waals surface area contributed by atoms with Gasteiger partial charge in [0.25, 0.3) is 0 Å². The van der Waals surface area contributed by atoms with E-state index in [9.17, 15) is 4.79 Å². The zero-order valence-electron chi connectivity index (χ0n) is 9.94. The molecule has 0 aliphatic heterocycles. The minimum Gasteiger partial charge on any atom is -0.497 e. The number of nitrogens with one attached hydrogen (secondary N) is 1. The van der Waals surface area contributed by atoms with Gasteiger partial charge in [-0.05, 0) is 37.1 Å². The summed E-state index contributed by atoms with van der Waals surface area (Å²) in [6.45, 7) is 0.587. The quantitative estimate of drug-likeness (QED) is 0.324. The van der Waals surface area contributed by atoms with Crippen molar-refractivity contribution in [3.05, 3.63) is 24.3 Å². The molecule has 1 aromatic rings. The molecule has 0 aliphatic rings. The van der Waals surface area contributed by atoms with Crippen molar-refractivity contribution in [3.8, 4) is 11.5 Å². The third-order valence-electron chi connectivity index (χ3n) is 2.29. The summed E-state index contributed by atoms with van der Waals surface area (Å²) in [4.78, 5) is 10.8. The Morgan fingerprint density at radius 3 is 2.47 bits per heavy atom. The lowest BCUT2D eigenvalue weighted by molar-refractivity contribution is -0.121. The molecule has 0 bridgehead atoms. The minimum atomic E-state index is -0.144. The van der Waals surface area contributed by atoms with Crippen LogP contribution < -0.4 is 20.7 Å². The average molecular weight is 238 g/mol. The molecule has 0 aliphatic carbocycles. The molecule has 17 heavy (non-hydrogen) atoms. The molecule has 0 saturated heterocycles. The van der Waals surface area contributed by atoms with E-state index < -0.39 is 0 Å². The highest BCUT2D eigenvalue weighted by Gasteiger charge is 1.98. The van der Waals surface area contributed by atoms with Gasteiger partial charge >= 0.3 is 0 Å². The molecule has 0 spiro atoms. The van der Waals surface area contributed by atoms with E-state index in [0.717, 1.165) is 24.3 Å². The number of rotatable bonds is 7. The number of unbranched alkanes of at least 4 members (excludes halogenated alkanes) is 1. The Bertz CT molecular complexity index is 338. The van der Waals surface area contributed by atoms with Gasteiger partial charge in [-0.25, -0.2) is 5.84 Å². The highest BCUT2D eigenvalue weighted by Crippen LogP contribution is 2.17. The van der Waals surface area contributed by atoms with E-state index in [2.05, 4.69) is 5.43 Å². The topological polar surface area (TPSA) is 73.6 Å². The van der Waals surface area contributed by atoms with Crippen LogP contribution in [0.25, 0.3) is 0 Å². The normalized spacial score (nSPS) is 9.76. The molecule has 0 saturated carbocycles. The van der Waals surface area contributed by atoms with Gasteiger partial charge in [-0.1, -0.05) is 0 Å². The lowest BCUT2D eigenvalue weighted by Gasteiger charge is -2.06. The molecule has 0 aromatic heterocycles. The Kier molecular flexibility index (Phi) is 5.88. The number of carbonyl (C=O) groups excluding carboxylic acids is 1. The summed E-state index contributed by atoms with van der Waals surface area (Å²) in [5.74, 6) is 6.42. The van der Waals surface area contributed by atoms with Gasteiger partial charge in [-0.15, -0.1) is 0 Å². The number of hydrazine groups is 1. The van der Waals surface area contributed by atoms with Gasteiger partial charge in [0.1, 0.15) is 11.5 Å². The first-order valence-corrected chi connectivity index (χ1v) is 5.52. The molecule has 1 aromatic carbocycles. The fourth-order valence-corrected chi connectivity index (χ4v) is 1.32. The van der Waals surface area contributed by atoms with Gasteiger partial charge in [0.05, 0.1) is 13.7 Å². The van der Waals surface area contributed by atoms with E-state index in [4.69, 9.17) is 15.3 Å². The van der Waals surface area contributed by atoms with Crippen molar-refractivity contribution in [3.63, 3.8) is 0 Å². The van der Waals surface area contributed by atoms with E-state index in [0.29, 0.717) is 13.0 Å². The highest BCUT2D eigenvalue weighted by atomic mass is 16.5. The predicted octanol–water partition coefficient (Wildman–Crippen LogP) is 1.23. The predicted molar refractivity (Wildman–Crippen MR) is 64.7 cm³/mol. The van der Waals surface area contributed by atoms with Crippen molar-refractivity contribution >= 4 is 5.91 Å². The maximum absolute atomic E-state index is 10.8. The summed E-state index contributed by atoms with van der Waals surface area (Å²) >= 11 is 0. The minimum absolute atomic E-state index is 0.144. The fraction of sp³-hybridized carbons (Fsp3) is 0.417. The van der Waals surface area contributed by atoms with Crippen molar-refractivity contribution in [2.75, 3.05) is 13.7 Å². The Morgan fingerprint density at radius 1 is 1.24 bits per heavy atom. The van der Waals surface area contributed by atoms with E-state index in [-0.39, 0.29) is 5.91 Å². The van der Waals surface area contributed by atoms with Crippen molar-refractivity contribution < 1.29 is 14.3 Å². The van der Waals surface area contributed by atoms with E-state index >= 15 is 0 Å². The number of ether oxygens (including phenoxy) is 2. The molecule has 0 fully saturated rings. The number of methoxy groups -OCH3 is 1. The van der Waals surface area contributed by atoms with Crippen LogP contribution in [0, 0.1) is 0 Å². The number of amides is 1. The summed E-state index contributed by atoms with van der Waals surface area (Å²) in [7, 11) is 1.62. The van der Waals surface area contributed by atoms with Gasteiger partial charge in [-0.2, -0.15) is 0 Å². The van der Waals surface area contributed by atoms with E-state index in [1.807, 2.05) is 24.3 Å². The molecule has 0 atom stereocenters. The first-order valence-electron chi connectivity index (χ1n) is 5.52. The lowest BCUT2D eigenvalue weighted by atomic mass is 10.2. The van der Waals surface area contributed by atoms with Crippen LogP contribution in [0.15, 0.2) is 24.3 Å². The average Bonchev–Trinajstić information content (AvgIpc) is 2.38. The first kappa shape index (κ1) is 13.3.